The Labute approximate surface area is 121 Å². The van der Waals surface area contributed by atoms with E-state index in [1.807, 2.05) is 0 Å². The molecular weight excluding hydrogens is 296 g/mol. The summed E-state index contributed by atoms with van der Waals surface area (Å²) in [5.41, 5.74) is 0.433. The van der Waals surface area contributed by atoms with E-state index < -0.39 is 0 Å². The second kappa shape index (κ2) is 4.80. The SMILES string of the molecule is Cc1nc2sc(C(=O)Nc3nccs3)c(C)c2c(=O)[nH]1. The van der Waals surface area contributed by atoms with E-state index in [4.69, 9.17) is 0 Å². The molecule has 0 radical (unpaired) electrons. The van der Waals surface area contributed by atoms with Gasteiger partial charge in [-0.25, -0.2) is 9.97 Å². The number of nitrogens with one attached hydrogen (secondary N) is 2. The minimum atomic E-state index is -0.266. The monoisotopic (exact) mass is 306 g/mol. The quantitative estimate of drug-likeness (QED) is 0.760. The summed E-state index contributed by atoms with van der Waals surface area (Å²) in [5, 5.41) is 5.50. The molecule has 6 nitrogen and oxygen atoms in total. The van der Waals surface area contributed by atoms with E-state index in [9.17, 15) is 9.59 Å². The van der Waals surface area contributed by atoms with Crippen molar-refractivity contribution in [3.8, 4) is 0 Å². The van der Waals surface area contributed by atoms with E-state index in [1.54, 1.807) is 25.4 Å². The number of H-pyrrole nitrogens is 1. The Morgan fingerprint density at radius 2 is 2.20 bits per heavy atom. The number of rotatable bonds is 2. The fourth-order valence-corrected chi connectivity index (χ4v) is 3.55. The lowest BCUT2D eigenvalue weighted by Crippen LogP contribution is -2.12. The summed E-state index contributed by atoms with van der Waals surface area (Å²) < 4.78 is 0. The second-order valence-electron chi connectivity index (χ2n) is 4.18. The summed E-state index contributed by atoms with van der Waals surface area (Å²) in [6, 6.07) is 0. The van der Waals surface area contributed by atoms with Crippen LogP contribution >= 0.6 is 22.7 Å². The Hall–Kier alpha value is -2.06. The second-order valence-corrected chi connectivity index (χ2v) is 6.07. The number of anilines is 1. The summed E-state index contributed by atoms with van der Waals surface area (Å²) in [7, 11) is 0. The van der Waals surface area contributed by atoms with Gasteiger partial charge in [0.05, 0.1) is 10.3 Å². The third kappa shape index (κ3) is 2.12. The van der Waals surface area contributed by atoms with Crippen molar-refractivity contribution >= 4 is 43.9 Å². The van der Waals surface area contributed by atoms with Crippen LogP contribution in [0.25, 0.3) is 10.2 Å². The van der Waals surface area contributed by atoms with E-state index >= 15 is 0 Å². The third-order valence-corrected chi connectivity index (χ3v) is 4.65. The zero-order chi connectivity index (χ0) is 14.3. The van der Waals surface area contributed by atoms with E-state index in [0.29, 0.717) is 31.6 Å². The average Bonchev–Trinajstić information content (AvgIpc) is 2.97. The number of aromatic nitrogens is 3. The van der Waals surface area contributed by atoms with Crippen LogP contribution in [0.1, 0.15) is 21.1 Å². The summed E-state index contributed by atoms with van der Waals surface area (Å²) in [5.74, 6) is 0.271. The summed E-state index contributed by atoms with van der Waals surface area (Å²) in [4.78, 5) is 36.2. The fraction of sp³-hybridized carbons (Fsp3) is 0.167. The zero-order valence-electron chi connectivity index (χ0n) is 10.7. The molecule has 0 fully saturated rings. The van der Waals surface area contributed by atoms with Crippen LogP contribution in [0.15, 0.2) is 16.4 Å². The minimum absolute atomic E-state index is 0.213. The first-order valence-corrected chi connectivity index (χ1v) is 7.46. The molecule has 0 aliphatic heterocycles. The van der Waals surface area contributed by atoms with Gasteiger partial charge in [0.1, 0.15) is 10.7 Å². The number of hydrogen-bond donors (Lipinski definition) is 2. The molecule has 0 unspecified atom stereocenters. The molecule has 0 aromatic carbocycles. The molecule has 3 aromatic rings. The van der Waals surface area contributed by atoms with Crippen molar-refractivity contribution < 1.29 is 4.79 Å². The maximum absolute atomic E-state index is 12.2. The molecule has 0 aliphatic carbocycles. The highest BCUT2D eigenvalue weighted by Crippen LogP contribution is 2.27. The fourth-order valence-electron chi connectivity index (χ4n) is 1.91. The van der Waals surface area contributed by atoms with Crippen LogP contribution in [-0.4, -0.2) is 20.9 Å². The largest absolute Gasteiger partial charge is 0.310 e. The van der Waals surface area contributed by atoms with Crippen LogP contribution in [0.4, 0.5) is 5.13 Å². The molecule has 1 amide bonds. The number of carbonyl (C=O) groups is 1. The van der Waals surface area contributed by atoms with Gasteiger partial charge in [0.2, 0.25) is 0 Å². The number of aryl methyl sites for hydroxylation is 2. The molecule has 2 N–H and O–H groups in total. The Morgan fingerprint density at radius 3 is 2.90 bits per heavy atom. The summed E-state index contributed by atoms with van der Waals surface area (Å²) >= 11 is 2.56. The first-order valence-electron chi connectivity index (χ1n) is 5.77. The molecule has 102 valence electrons. The maximum atomic E-state index is 12.2. The van der Waals surface area contributed by atoms with Crippen molar-refractivity contribution in [3.05, 3.63) is 38.2 Å². The zero-order valence-corrected chi connectivity index (χ0v) is 12.3. The van der Waals surface area contributed by atoms with Crippen molar-refractivity contribution in [3.63, 3.8) is 0 Å². The van der Waals surface area contributed by atoms with Gasteiger partial charge in [0, 0.05) is 11.6 Å². The number of thiazole rings is 1. The van der Waals surface area contributed by atoms with E-state index in [2.05, 4.69) is 20.3 Å². The maximum Gasteiger partial charge on any atom is 0.267 e. The van der Waals surface area contributed by atoms with Crippen LogP contribution in [0.5, 0.6) is 0 Å². The van der Waals surface area contributed by atoms with Crippen LogP contribution in [0, 0.1) is 13.8 Å². The molecule has 0 spiro atoms. The van der Waals surface area contributed by atoms with Crippen molar-refractivity contribution in [2.45, 2.75) is 13.8 Å². The summed E-state index contributed by atoms with van der Waals surface area (Å²) in [6.07, 6.45) is 1.62. The van der Waals surface area contributed by atoms with E-state index in [-0.39, 0.29) is 11.5 Å². The Bertz CT molecular complexity index is 848. The van der Waals surface area contributed by atoms with Crippen molar-refractivity contribution in [2.24, 2.45) is 0 Å². The smallest absolute Gasteiger partial charge is 0.267 e. The summed E-state index contributed by atoms with van der Waals surface area (Å²) in [6.45, 7) is 3.47. The lowest BCUT2D eigenvalue weighted by molar-refractivity contribution is 0.103. The molecule has 0 bridgehead atoms. The Kier molecular flexibility index (Phi) is 3.11. The number of thiophene rings is 1. The highest BCUT2D eigenvalue weighted by Gasteiger charge is 2.19. The topological polar surface area (TPSA) is 87.7 Å². The molecule has 0 saturated heterocycles. The number of carbonyl (C=O) groups excluding carboxylic acids is 1. The molecule has 0 saturated carbocycles. The Morgan fingerprint density at radius 1 is 1.40 bits per heavy atom. The van der Waals surface area contributed by atoms with Crippen molar-refractivity contribution in [2.75, 3.05) is 5.32 Å². The number of aromatic amines is 1. The third-order valence-electron chi connectivity index (χ3n) is 2.78. The standard InChI is InChI=1S/C12H10N4O2S2/c1-5-7-9(17)14-6(2)15-11(7)20-8(5)10(18)16-12-13-3-4-19-12/h3-4H,1-2H3,(H,13,16,18)(H,14,15,17). The van der Waals surface area contributed by atoms with Crippen molar-refractivity contribution in [1.29, 1.82) is 0 Å². The van der Waals surface area contributed by atoms with Gasteiger partial charge in [0.25, 0.3) is 11.5 Å². The van der Waals surface area contributed by atoms with Crippen LogP contribution < -0.4 is 10.9 Å². The minimum Gasteiger partial charge on any atom is -0.310 e. The number of nitrogens with zero attached hydrogens (tertiary/aromatic N) is 2. The average molecular weight is 306 g/mol. The highest BCUT2D eigenvalue weighted by atomic mass is 32.1. The van der Waals surface area contributed by atoms with Crippen LogP contribution in [-0.2, 0) is 0 Å². The van der Waals surface area contributed by atoms with Crippen molar-refractivity contribution in [1.82, 2.24) is 15.0 Å². The molecule has 20 heavy (non-hydrogen) atoms. The lowest BCUT2D eigenvalue weighted by atomic mass is 10.2. The van der Waals surface area contributed by atoms with Gasteiger partial charge < -0.3 is 4.98 Å². The van der Waals surface area contributed by atoms with Gasteiger partial charge in [-0.1, -0.05) is 0 Å². The van der Waals surface area contributed by atoms with E-state index in [1.165, 1.54) is 22.7 Å². The van der Waals surface area contributed by atoms with Gasteiger partial charge in [-0.3, -0.25) is 14.9 Å². The predicted octanol–water partition coefficient (Wildman–Crippen LogP) is 2.31. The first-order chi connectivity index (χ1) is 9.56. The van der Waals surface area contributed by atoms with Gasteiger partial charge >= 0.3 is 0 Å². The van der Waals surface area contributed by atoms with Gasteiger partial charge in [0.15, 0.2) is 5.13 Å². The predicted molar refractivity (Wildman–Crippen MR) is 79.8 cm³/mol. The van der Waals surface area contributed by atoms with Gasteiger partial charge in [-0.15, -0.1) is 22.7 Å². The number of hydrogen-bond acceptors (Lipinski definition) is 6. The molecule has 8 heteroatoms. The number of amides is 1. The van der Waals surface area contributed by atoms with Crippen LogP contribution in [0.2, 0.25) is 0 Å². The molecule has 0 atom stereocenters. The first kappa shape index (κ1) is 12.9. The lowest BCUT2D eigenvalue weighted by Gasteiger charge is -1.99. The van der Waals surface area contributed by atoms with Gasteiger partial charge in [-0.2, -0.15) is 0 Å². The molecular formula is C12H10N4O2S2. The Balaban J connectivity index is 2.08. The highest BCUT2D eigenvalue weighted by molar-refractivity contribution is 7.21. The normalized spacial score (nSPS) is 10.9. The molecule has 3 rings (SSSR count). The van der Waals surface area contributed by atoms with E-state index in [0.717, 1.165) is 0 Å². The number of fused-ring (bicyclic) bond motifs is 1. The van der Waals surface area contributed by atoms with Gasteiger partial charge in [-0.05, 0) is 19.4 Å². The molecule has 0 aliphatic rings. The molecule has 3 aromatic heterocycles. The van der Waals surface area contributed by atoms with Crippen LogP contribution in [0.3, 0.4) is 0 Å². The molecule has 3 heterocycles.